The van der Waals surface area contributed by atoms with Crippen molar-refractivity contribution in [1.29, 1.82) is 0 Å². The first-order valence-corrected chi connectivity index (χ1v) is 8.36. The molecular weight excluding hydrogens is 278 g/mol. The van der Waals surface area contributed by atoms with E-state index in [2.05, 4.69) is 54.5 Å². The molecule has 116 valence electrons. The highest BCUT2D eigenvalue weighted by Crippen LogP contribution is 2.15. The second-order valence-corrected chi connectivity index (χ2v) is 6.42. The van der Waals surface area contributed by atoms with Crippen LogP contribution in [-0.4, -0.2) is 35.7 Å². The van der Waals surface area contributed by atoms with Gasteiger partial charge < -0.3 is 15.5 Å². The molecule has 2 rings (SSSR count). The zero-order chi connectivity index (χ0) is 15.2. The van der Waals surface area contributed by atoms with E-state index < -0.39 is 0 Å². The minimum atomic E-state index is 0.504. The molecule has 2 N–H and O–H groups in total. The third-order valence-electron chi connectivity index (χ3n) is 4.23. The maximum absolute atomic E-state index is 5.44. The molecule has 0 amide bonds. The van der Waals surface area contributed by atoms with Gasteiger partial charge in [-0.3, -0.25) is 0 Å². The van der Waals surface area contributed by atoms with Crippen LogP contribution in [0, 0.1) is 13.8 Å². The summed E-state index contributed by atoms with van der Waals surface area (Å²) in [6.07, 6.45) is 3.59. The molecule has 1 aromatic carbocycles. The molecule has 4 heteroatoms. The highest BCUT2D eigenvalue weighted by Gasteiger charge is 2.18. The van der Waals surface area contributed by atoms with Crippen LogP contribution in [-0.2, 0) is 0 Å². The number of nitrogens with one attached hydrogen (secondary N) is 2. The van der Waals surface area contributed by atoms with Crippen molar-refractivity contribution in [3.63, 3.8) is 0 Å². The molecule has 1 fully saturated rings. The highest BCUT2D eigenvalue weighted by atomic mass is 32.1. The summed E-state index contributed by atoms with van der Waals surface area (Å²) in [7, 11) is 0. The van der Waals surface area contributed by atoms with E-state index in [1.165, 1.54) is 50.0 Å². The van der Waals surface area contributed by atoms with Gasteiger partial charge in [0.15, 0.2) is 5.11 Å². The summed E-state index contributed by atoms with van der Waals surface area (Å²) in [5, 5.41) is 7.50. The Morgan fingerprint density at radius 1 is 1.24 bits per heavy atom. The Balaban J connectivity index is 1.78. The molecule has 1 saturated heterocycles. The molecule has 0 aromatic heterocycles. The molecule has 0 saturated carbocycles. The minimum Gasteiger partial charge on any atom is -0.360 e. The number of anilines is 1. The predicted molar refractivity (Wildman–Crippen MR) is 95.0 cm³/mol. The Bertz CT molecular complexity index is 479. The molecule has 1 aliphatic heterocycles. The first-order chi connectivity index (χ1) is 10.1. The van der Waals surface area contributed by atoms with Gasteiger partial charge in [-0.2, -0.15) is 0 Å². The van der Waals surface area contributed by atoms with Gasteiger partial charge in [0.1, 0.15) is 0 Å². The molecule has 1 heterocycles. The van der Waals surface area contributed by atoms with E-state index in [9.17, 15) is 0 Å². The van der Waals surface area contributed by atoms with Gasteiger partial charge in [-0.1, -0.05) is 13.0 Å². The lowest BCUT2D eigenvalue weighted by Crippen LogP contribution is -2.45. The topological polar surface area (TPSA) is 27.3 Å². The molecule has 3 nitrogen and oxygen atoms in total. The number of nitrogens with zero attached hydrogens (tertiary/aromatic N) is 1. The van der Waals surface area contributed by atoms with Crippen LogP contribution >= 0.6 is 12.2 Å². The summed E-state index contributed by atoms with van der Waals surface area (Å²) in [6.45, 7) is 10.1. The lowest BCUT2D eigenvalue weighted by atomic mass is 10.1. The molecule has 21 heavy (non-hydrogen) atoms. The van der Waals surface area contributed by atoms with Crippen molar-refractivity contribution < 1.29 is 0 Å². The number of aryl methyl sites for hydroxylation is 2. The second kappa shape index (κ2) is 7.76. The van der Waals surface area contributed by atoms with E-state index in [1.807, 2.05) is 0 Å². The van der Waals surface area contributed by atoms with Crippen LogP contribution in [0.15, 0.2) is 18.2 Å². The molecular formula is C17H27N3S. The van der Waals surface area contributed by atoms with Crippen molar-refractivity contribution in [2.24, 2.45) is 0 Å². The largest absolute Gasteiger partial charge is 0.360 e. The number of hydrogen-bond acceptors (Lipinski definition) is 2. The quantitative estimate of drug-likeness (QED) is 0.833. The molecule has 0 atom stereocenters. The Morgan fingerprint density at radius 3 is 2.57 bits per heavy atom. The van der Waals surface area contributed by atoms with Gasteiger partial charge >= 0.3 is 0 Å². The van der Waals surface area contributed by atoms with E-state index in [0.717, 1.165) is 10.8 Å². The molecule has 1 aromatic rings. The Kier molecular flexibility index (Phi) is 6.00. The van der Waals surface area contributed by atoms with Gasteiger partial charge in [0, 0.05) is 24.8 Å². The number of hydrogen-bond donors (Lipinski definition) is 2. The highest BCUT2D eigenvalue weighted by molar-refractivity contribution is 7.80. The van der Waals surface area contributed by atoms with E-state index in [-0.39, 0.29) is 0 Å². The van der Waals surface area contributed by atoms with E-state index in [4.69, 9.17) is 12.2 Å². The smallest absolute Gasteiger partial charge is 0.170 e. The van der Waals surface area contributed by atoms with E-state index in [1.54, 1.807) is 0 Å². The number of piperidine rings is 1. The van der Waals surface area contributed by atoms with Gasteiger partial charge in [0.2, 0.25) is 0 Å². The van der Waals surface area contributed by atoms with Crippen LogP contribution in [0.25, 0.3) is 0 Å². The molecule has 0 aliphatic carbocycles. The number of rotatable bonds is 4. The van der Waals surface area contributed by atoms with Crippen LogP contribution in [0.4, 0.5) is 5.69 Å². The summed E-state index contributed by atoms with van der Waals surface area (Å²) in [5.41, 5.74) is 3.66. The van der Waals surface area contributed by atoms with Crippen LogP contribution in [0.2, 0.25) is 0 Å². The zero-order valence-electron chi connectivity index (χ0n) is 13.4. The first kappa shape index (κ1) is 16.2. The normalized spacial score (nSPS) is 16.7. The van der Waals surface area contributed by atoms with Crippen LogP contribution in [0.1, 0.15) is 37.3 Å². The van der Waals surface area contributed by atoms with Gasteiger partial charge in [-0.15, -0.1) is 0 Å². The number of thiocarbonyl (C=S) groups is 1. The number of benzene rings is 1. The second-order valence-electron chi connectivity index (χ2n) is 6.01. The summed E-state index contributed by atoms with van der Waals surface area (Å²) in [4.78, 5) is 2.54. The Hall–Kier alpha value is -1.13. The van der Waals surface area contributed by atoms with E-state index in [0.29, 0.717) is 6.04 Å². The van der Waals surface area contributed by atoms with Crippen LogP contribution in [0.3, 0.4) is 0 Å². The van der Waals surface area contributed by atoms with Crippen LogP contribution < -0.4 is 10.6 Å². The SMILES string of the molecule is CCCN1CCC(NC(=S)Nc2ccc(C)c(C)c2)CC1. The van der Waals surface area contributed by atoms with Crippen molar-refractivity contribution in [1.82, 2.24) is 10.2 Å². The molecule has 1 aliphatic rings. The fourth-order valence-corrected chi connectivity index (χ4v) is 3.07. The Morgan fingerprint density at radius 2 is 1.95 bits per heavy atom. The standard InChI is InChI=1S/C17H27N3S/c1-4-9-20-10-7-15(8-11-20)18-17(21)19-16-6-5-13(2)14(3)12-16/h5-6,12,15H,4,7-11H2,1-3H3,(H2,18,19,21). The van der Waals surface area contributed by atoms with Crippen molar-refractivity contribution in [3.8, 4) is 0 Å². The maximum atomic E-state index is 5.44. The fraction of sp³-hybridized carbons (Fsp3) is 0.588. The first-order valence-electron chi connectivity index (χ1n) is 7.95. The van der Waals surface area contributed by atoms with Gasteiger partial charge in [-0.25, -0.2) is 0 Å². The lowest BCUT2D eigenvalue weighted by Gasteiger charge is -2.32. The lowest BCUT2D eigenvalue weighted by molar-refractivity contribution is 0.207. The molecule has 0 radical (unpaired) electrons. The van der Waals surface area contributed by atoms with Gasteiger partial charge in [0.25, 0.3) is 0 Å². The number of likely N-dealkylation sites (tertiary alicyclic amines) is 1. The summed E-state index contributed by atoms with van der Waals surface area (Å²) >= 11 is 5.44. The zero-order valence-corrected chi connectivity index (χ0v) is 14.2. The third kappa shape index (κ3) is 4.97. The van der Waals surface area contributed by atoms with Crippen molar-refractivity contribution in [2.45, 2.75) is 46.1 Å². The van der Waals surface area contributed by atoms with Gasteiger partial charge in [-0.05, 0) is 75.1 Å². The van der Waals surface area contributed by atoms with Gasteiger partial charge in [0.05, 0.1) is 0 Å². The van der Waals surface area contributed by atoms with Crippen molar-refractivity contribution in [2.75, 3.05) is 25.0 Å². The van der Waals surface area contributed by atoms with Crippen LogP contribution in [0.5, 0.6) is 0 Å². The average Bonchev–Trinajstić information content (AvgIpc) is 2.45. The summed E-state index contributed by atoms with van der Waals surface area (Å²) < 4.78 is 0. The monoisotopic (exact) mass is 305 g/mol. The molecule has 0 spiro atoms. The summed E-state index contributed by atoms with van der Waals surface area (Å²) in [5.74, 6) is 0. The maximum Gasteiger partial charge on any atom is 0.170 e. The van der Waals surface area contributed by atoms with Crippen molar-refractivity contribution >= 4 is 23.0 Å². The molecule has 0 unspecified atom stereocenters. The van der Waals surface area contributed by atoms with E-state index >= 15 is 0 Å². The fourth-order valence-electron chi connectivity index (χ4n) is 2.79. The average molecular weight is 305 g/mol. The Labute approximate surface area is 134 Å². The predicted octanol–water partition coefficient (Wildman–Crippen LogP) is 3.46. The molecule has 0 bridgehead atoms. The third-order valence-corrected chi connectivity index (χ3v) is 4.45. The minimum absolute atomic E-state index is 0.504. The van der Waals surface area contributed by atoms with Crippen molar-refractivity contribution in [3.05, 3.63) is 29.3 Å². The summed E-state index contributed by atoms with van der Waals surface area (Å²) in [6, 6.07) is 6.86.